The highest BCUT2D eigenvalue weighted by molar-refractivity contribution is 5.72. The molecule has 3 nitrogen and oxygen atoms in total. The topological polar surface area (TPSA) is 38.7 Å². The molecule has 6 heteroatoms. The summed E-state index contributed by atoms with van der Waals surface area (Å²) in [7, 11) is 1.38. The molecule has 3 aromatic rings. The van der Waals surface area contributed by atoms with E-state index in [1.807, 2.05) is 6.92 Å². The second-order valence-corrected chi connectivity index (χ2v) is 7.32. The Hall–Kier alpha value is -4.19. The van der Waals surface area contributed by atoms with Gasteiger partial charge < -0.3 is 14.6 Å². The van der Waals surface area contributed by atoms with Gasteiger partial charge in [0.1, 0.15) is 29.7 Å². The van der Waals surface area contributed by atoms with Crippen molar-refractivity contribution >= 4 is 0 Å². The normalized spacial score (nSPS) is 10.6. The molecule has 0 aliphatic rings. The van der Waals surface area contributed by atoms with Gasteiger partial charge in [-0.15, -0.1) is 6.58 Å². The van der Waals surface area contributed by atoms with E-state index in [2.05, 4.69) is 19.7 Å². The largest absolute Gasteiger partial charge is 0.508 e. The number of hydrogen-bond acceptors (Lipinski definition) is 3. The molecule has 0 bridgehead atoms. The molecule has 0 atom stereocenters. The number of benzene rings is 3. The number of aromatic hydroxyl groups is 1. The van der Waals surface area contributed by atoms with Crippen LogP contribution in [0, 0.1) is 11.6 Å². The summed E-state index contributed by atoms with van der Waals surface area (Å²) in [6.45, 7) is 12.3. The van der Waals surface area contributed by atoms with Crippen LogP contribution in [0.25, 0.3) is 22.3 Å². The summed E-state index contributed by atoms with van der Waals surface area (Å²) in [5, 5.41) is 9.37. The fraction of sp³-hybridized carbons (Fsp3) is 0.103. The van der Waals surface area contributed by atoms with Gasteiger partial charge in [0.15, 0.2) is 11.6 Å². The van der Waals surface area contributed by atoms with Gasteiger partial charge in [-0.25, -0.2) is 13.2 Å². The first-order valence-electron chi connectivity index (χ1n) is 10.6. The third-order valence-corrected chi connectivity index (χ3v) is 4.73. The van der Waals surface area contributed by atoms with Crippen LogP contribution in [0.4, 0.5) is 13.2 Å². The Kier molecular flexibility index (Phi) is 9.97. The van der Waals surface area contributed by atoms with E-state index in [0.29, 0.717) is 16.9 Å². The van der Waals surface area contributed by atoms with Gasteiger partial charge in [0.25, 0.3) is 0 Å². The Balaban J connectivity index is 0.00000137. The first-order chi connectivity index (χ1) is 16.7. The molecule has 3 rings (SSSR count). The lowest BCUT2D eigenvalue weighted by Crippen LogP contribution is -2.01. The second kappa shape index (κ2) is 12.9. The van der Waals surface area contributed by atoms with Crippen molar-refractivity contribution in [2.75, 3.05) is 13.7 Å². The predicted molar refractivity (Wildman–Crippen MR) is 135 cm³/mol. The molecule has 0 unspecified atom stereocenters. The van der Waals surface area contributed by atoms with E-state index in [9.17, 15) is 18.3 Å². The molecule has 1 N–H and O–H groups in total. The third kappa shape index (κ3) is 7.40. The first kappa shape index (κ1) is 27.1. The van der Waals surface area contributed by atoms with Crippen LogP contribution in [0.2, 0.25) is 0 Å². The summed E-state index contributed by atoms with van der Waals surface area (Å²) < 4.78 is 53.7. The van der Waals surface area contributed by atoms with E-state index in [1.54, 1.807) is 30.3 Å². The minimum Gasteiger partial charge on any atom is -0.508 e. The van der Waals surface area contributed by atoms with Gasteiger partial charge in [0.05, 0.1) is 7.11 Å². The van der Waals surface area contributed by atoms with E-state index in [1.165, 1.54) is 43.5 Å². The van der Waals surface area contributed by atoms with Crippen molar-refractivity contribution in [3.05, 3.63) is 121 Å². The Morgan fingerprint density at radius 2 is 1.34 bits per heavy atom. The number of halogens is 3. The lowest BCUT2D eigenvalue weighted by atomic mass is 9.98. The van der Waals surface area contributed by atoms with E-state index in [0.717, 1.165) is 6.08 Å². The van der Waals surface area contributed by atoms with Crippen LogP contribution < -0.4 is 4.74 Å². The zero-order valence-corrected chi connectivity index (χ0v) is 19.7. The number of methoxy groups -OCH3 is 1. The van der Waals surface area contributed by atoms with Crippen LogP contribution in [0.1, 0.15) is 6.92 Å². The van der Waals surface area contributed by atoms with Crippen LogP contribution in [-0.2, 0) is 4.74 Å². The van der Waals surface area contributed by atoms with Crippen molar-refractivity contribution in [1.29, 1.82) is 0 Å². The summed E-state index contributed by atoms with van der Waals surface area (Å²) in [4.78, 5) is 0. The molecule has 0 spiro atoms. The number of rotatable bonds is 8. The second-order valence-electron chi connectivity index (χ2n) is 7.32. The van der Waals surface area contributed by atoms with E-state index >= 15 is 0 Å². The molecule has 0 aromatic heterocycles. The van der Waals surface area contributed by atoms with Crippen molar-refractivity contribution in [3.8, 4) is 33.8 Å². The van der Waals surface area contributed by atoms with Crippen molar-refractivity contribution in [3.63, 3.8) is 0 Å². The molecule has 182 valence electrons. The Morgan fingerprint density at radius 3 is 1.80 bits per heavy atom. The number of hydrogen-bond donors (Lipinski definition) is 1. The molecule has 3 aromatic carbocycles. The molecule has 0 amide bonds. The molecule has 35 heavy (non-hydrogen) atoms. The van der Waals surface area contributed by atoms with E-state index < -0.39 is 17.5 Å². The van der Waals surface area contributed by atoms with Crippen molar-refractivity contribution in [2.45, 2.75) is 6.92 Å². The molecule has 0 radical (unpaired) electrons. The number of phenolic OH excluding ortho intramolecular Hbond substituents is 1. The van der Waals surface area contributed by atoms with Crippen LogP contribution in [-0.4, -0.2) is 18.8 Å². The highest BCUT2D eigenvalue weighted by Gasteiger charge is 2.16. The molecular weight excluding hydrogens is 453 g/mol. The van der Waals surface area contributed by atoms with Gasteiger partial charge in [-0.05, 0) is 42.3 Å². The minimum absolute atomic E-state index is 0.0383. The summed E-state index contributed by atoms with van der Waals surface area (Å²) in [5.74, 6) is -1.97. The van der Waals surface area contributed by atoms with Crippen molar-refractivity contribution < 1.29 is 27.8 Å². The minimum atomic E-state index is -0.983. The van der Waals surface area contributed by atoms with E-state index in [-0.39, 0.29) is 34.8 Å². The summed E-state index contributed by atoms with van der Waals surface area (Å²) in [6, 6.07) is 15.1. The fourth-order valence-electron chi connectivity index (χ4n) is 2.91. The van der Waals surface area contributed by atoms with Gasteiger partial charge in [-0.2, -0.15) is 0 Å². The Labute approximate surface area is 203 Å². The standard InChI is InChI=1S/C26H21F3O3.C3H6/c1-16(24(27)14-17(2)31-3)15-32-21-10-6-19(7-11-21)23-13-12-22(25(28)26(23)29)18-4-8-20(30)9-5-18;1-3-2/h4-14,30H,1-2,15H2,3H3;3H,1H2,2H3/b24-14+;. The van der Waals surface area contributed by atoms with Crippen LogP contribution >= 0.6 is 0 Å². The lowest BCUT2D eigenvalue weighted by molar-refractivity contribution is 0.306. The SMILES string of the molecule is C=C(/C=C(/F)C(=C)COc1ccc(-c2ccc(-c3ccc(O)cc3)c(F)c2F)cc1)OC.C=CC. The maximum Gasteiger partial charge on any atom is 0.167 e. The Bertz CT molecular complexity index is 1210. The van der Waals surface area contributed by atoms with Gasteiger partial charge in [0.2, 0.25) is 0 Å². The van der Waals surface area contributed by atoms with Crippen LogP contribution in [0.15, 0.2) is 110 Å². The number of allylic oxidation sites excluding steroid dienone is 2. The van der Waals surface area contributed by atoms with Gasteiger partial charge >= 0.3 is 0 Å². The maximum absolute atomic E-state index is 14.8. The van der Waals surface area contributed by atoms with Gasteiger partial charge in [0, 0.05) is 22.8 Å². The average molecular weight is 481 g/mol. The van der Waals surface area contributed by atoms with Crippen LogP contribution in [0.5, 0.6) is 11.5 Å². The molecule has 0 aliphatic heterocycles. The van der Waals surface area contributed by atoms with Gasteiger partial charge in [-0.3, -0.25) is 0 Å². The van der Waals surface area contributed by atoms with Crippen LogP contribution in [0.3, 0.4) is 0 Å². The molecule has 0 fully saturated rings. The lowest BCUT2D eigenvalue weighted by Gasteiger charge is -2.11. The zero-order valence-electron chi connectivity index (χ0n) is 19.7. The molecule has 0 saturated carbocycles. The predicted octanol–water partition coefficient (Wildman–Crippen LogP) is 8.15. The summed E-state index contributed by atoms with van der Waals surface area (Å²) >= 11 is 0. The molecule has 0 heterocycles. The van der Waals surface area contributed by atoms with Crippen molar-refractivity contribution in [2.24, 2.45) is 0 Å². The molecule has 0 saturated heterocycles. The number of phenols is 1. The quantitative estimate of drug-likeness (QED) is 0.201. The molecule has 0 aliphatic carbocycles. The highest BCUT2D eigenvalue weighted by atomic mass is 19.2. The van der Waals surface area contributed by atoms with Gasteiger partial charge in [-0.1, -0.05) is 55.6 Å². The third-order valence-electron chi connectivity index (χ3n) is 4.73. The average Bonchev–Trinajstić information content (AvgIpc) is 2.85. The Morgan fingerprint density at radius 1 is 0.886 bits per heavy atom. The maximum atomic E-state index is 14.8. The zero-order chi connectivity index (χ0) is 26.0. The molecular formula is C29H27F3O3. The monoisotopic (exact) mass is 480 g/mol. The fourth-order valence-corrected chi connectivity index (χ4v) is 2.91. The van der Waals surface area contributed by atoms with Crippen molar-refractivity contribution in [1.82, 2.24) is 0 Å². The summed E-state index contributed by atoms with van der Waals surface area (Å²) in [5.41, 5.74) is 1.19. The highest BCUT2D eigenvalue weighted by Crippen LogP contribution is 2.32. The first-order valence-corrected chi connectivity index (χ1v) is 10.6. The number of ether oxygens (including phenoxy) is 2. The van der Waals surface area contributed by atoms with E-state index in [4.69, 9.17) is 9.47 Å². The summed E-state index contributed by atoms with van der Waals surface area (Å²) in [6.07, 6.45) is 2.86. The smallest absolute Gasteiger partial charge is 0.167 e.